The average molecular weight is 236 g/mol. The summed E-state index contributed by atoms with van der Waals surface area (Å²) in [4.78, 5) is 2.34. The first-order chi connectivity index (χ1) is 8.19. The Hall–Kier alpha value is -0.930. The number of halogens is 1. The van der Waals surface area contributed by atoms with Gasteiger partial charge in [0.15, 0.2) is 0 Å². The van der Waals surface area contributed by atoms with Crippen LogP contribution in [0, 0.1) is 12.7 Å². The third-order valence-corrected chi connectivity index (χ3v) is 3.51. The van der Waals surface area contributed by atoms with Gasteiger partial charge in [0.1, 0.15) is 5.82 Å². The molecule has 0 aliphatic carbocycles. The van der Waals surface area contributed by atoms with Crippen LogP contribution in [0.3, 0.4) is 0 Å². The molecule has 1 aliphatic rings. The highest BCUT2D eigenvalue weighted by Gasteiger charge is 2.19. The van der Waals surface area contributed by atoms with Crippen molar-refractivity contribution in [2.45, 2.75) is 32.4 Å². The van der Waals surface area contributed by atoms with E-state index < -0.39 is 0 Å². The van der Waals surface area contributed by atoms with E-state index in [1.807, 2.05) is 26.1 Å². The molecule has 0 radical (unpaired) electrons. The van der Waals surface area contributed by atoms with Gasteiger partial charge in [-0.05, 0) is 39.4 Å². The Bertz CT molecular complexity index is 378. The molecule has 2 nitrogen and oxygen atoms in total. The number of aryl methyl sites for hydroxylation is 1. The minimum atomic E-state index is -0.0813. The predicted molar refractivity (Wildman–Crippen MR) is 68.5 cm³/mol. The number of hydrogen-bond acceptors (Lipinski definition) is 2. The highest BCUT2D eigenvalue weighted by Crippen LogP contribution is 2.16. The molecule has 1 saturated heterocycles. The SMILES string of the molecule is CNC1CCCN(Cc2cc(C)ccc2F)C1. The van der Waals surface area contributed by atoms with Crippen molar-refractivity contribution in [3.05, 3.63) is 35.1 Å². The van der Waals surface area contributed by atoms with Crippen LogP contribution in [0.5, 0.6) is 0 Å². The van der Waals surface area contributed by atoms with Crippen molar-refractivity contribution >= 4 is 0 Å². The summed E-state index contributed by atoms with van der Waals surface area (Å²) >= 11 is 0. The molecule has 94 valence electrons. The van der Waals surface area contributed by atoms with Crippen LogP contribution in [-0.2, 0) is 6.54 Å². The van der Waals surface area contributed by atoms with Crippen LogP contribution in [0.15, 0.2) is 18.2 Å². The number of nitrogens with zero attached hydrogens (tertiary/aromatic N) is 1. The Morgan fingerprint density at radius 2 is 2.29 bits per heavy atom. The monoisotopic (exact) mass is 236 g/mol. The molecule has 1 unspecified atom stereocenters. The largest absolute Gasteiger partial charge is 0.316 e. The first kappa shape index (κ1) is 12.5. The lowest BCUT2D eigenvalue weighted by molar-refractivity contribution is 0.186. The lowest BCUT2D eigenvalue weighted by atomic mass is 10.0. The van der Waals surface area contributed by atoms with Gasteiger partial charge in [0.25, 0.3) is 0 Å². The van der Waals surface area contributed by atoms with Crippen molar-refractivity contribution in [1.29, 1.82) is 0 Å². The smallest absolute Gasteiger partial charge is 0.127 e. The highest BCUT2D eigenvalue weighted by molar-refractivity contribution is 5.24. The molecule has 0 bridgehead atoms. The predicted octanol–water partition coefficient (Wildman–Crippen LogP) is 2.32. The fourth-order valence-electron chi connectivity index (χ4n) is 2.50. The average Bonchev–Trinajstić information content (AvgIpc) is 2.34. The van der Waals surface area contributed by atoms with Gasteiger partial charge >= 0.3 is 0 Å². The zero-order valence-electron chi connectivity index (χ0n) is 10.7. The Kier molecular flexibility index (Phi) is 4.13. The number of nitrogens with one attached hydrogen (secondary N) is 1. The molecule has 0 aromatic heterocycles. The van der Waals surface area contributed by atoms with Crippen molar-refractivity contribution in [1.82, 2.24) is 10.2 Å². The van der Waals surface area contributed by atoms with Crippen molar-refractivity contribution in [2.75, 3.05) is 20.1 Å². The fraction of sp³-hybridized carbons (Fsp3) is 0.571. The van der Waals surface area contributed by atoms with E-state index >= 15 is 0 Å². The maximum atomic E-state index is 13.7. The number of hydrogen-bond donors (Lipinski definition) is 1. The lowest BCUT2D eigenvalue weighted by Gasteiger charge is -2.32. The molecule has 0 amide bonds. The zero-order valence-corrected chi connectivity index (χ0v) is 10.7. The van der Waals surface area contributed by atoms with E-state index in [1.54, 1.807) is 6.07 Å². The molecule has 0 saturated carbocycles. The van der Waals surface area contributed by atoms with E-state index in [9.17, 15) is 4.39 Å². The van der Waals surface area contributed by atoms with Crippen LogP contribution < -0.4 is 5.32 Å². The van der Waals surface area contributed by atoms with Crippen LogP contribution in [-0.4, -0.2) is 31.1 Å². The minimum Gasteiger partial charge on any atom is -0.316 e. The van der Waals surface area contributed by atoms with Crippen LogP contribution >= 0.6 is 0 Å². The molecule has 1 aliphatic heterocycles. The summed E-state index contributed by atoms with van der Waals surface area (Å²) in [6.45, 7) is 4.83. The van der Waals surface area contributed by atoms with Crippen molar-refractivity contribution in [3.8, 4) is 0 Å². The maximum Gasteiger partial charge on any atom is 0.127 e. The molecule has 1 aromatic carbocycles. The summed E-state index contributed by atoms with van der Waals surface area (Å²) in [6, 6.07) is 5.91. The Morgan fingerprint density at radius 1 is 1.47 bits per heavy atom. The van der Waals surface area contributed by atoms with Gasteiger partial charge in [-0.2, -0.15) is 0 Å². The highest BCUT2D eigenvalue weighted by atomic mass is 19.1. The number of rotatable bonds is 3. The van der Waals surface area contributed by atoms with Crippen LogP contribution in [0.1, 0.15) is 24.0 Å². The third-order valence-electron chi connectivity index (χ3n) is 3.51. The van der Waals surface area contributed by atoms with Crippen molar-refractivity contribution < 1.29 is 4.39 Å². The van der Waals surface area contributed by atoms with Gasteiger partial charge in [-0.15, -0.1) is 0 Å². The number of likely N-dealkylation sites (N-methyl/N-ethyl adjacent to an activating group) is 1. The van der Waals surface area contributed by atoms with Gasteiger partial charge in [-0.1, -0.05) is 17.7 Å². The molecule has 1 heterocycles. The zero-order chi connectivity index (χ0) is 12.3. The van der Waals surface area contributed by atoms with Crippen LogP contribution in [0.2, 0.25) is 0 Å². The topological polar surface area (TPSA) is 15.3 Å². The Labute approximate surface area is 103 Å². The Morgan fingerprint density at radius 3 is 3.06 bits per heavy atom. The quantitative estimate of drug-likeness (QED) is 0.866. The van der Waals surface area contributed by atoms with Crippen molar-refractivity contribution in [3.63, 3.8) is 0 Å². The van der Waals surface area contributed by atoms with Gasteiger partial charge in [0, 0.05) is 24.7 Å². The summed E-state index contributed by atoms with van der Waals surface area (Å²) < 4.78 is 13.7. The Balaban J connectivity index is 2.02. The van der Waals surface area contributed by atoms with Crippen LogP contribution in [0.25, 0.3) is 0 Å². The normalized spacial score (nSPS) is 21.7. The number of benzene rings is 1. The first-order valence-corrected chi connectivity index (χ1v) is 6.33. The molecule has 0 spiro atoms. The van der Waals surface area contributed by atoms with E-state index in [1.165, 1.54) is 12.8 Å². The van der Waals surface area contributed by atoms with Gasteiger partial charge < -0.3 is 5.32 Å². The molecule has 1 N–H and O–H groups in total. The van der Waals surface area contributed by atoms with Gasteiger partial charge in [-0.3, -0.25) is 4.90 Å². The maximum absolute atomic E-state index is 13.7. The van der Waals surface area contributed by atoms with Crippen LogP contribution in [0.4, 0.5) is 4.39 Å². The lowest BCUT2D eigenvalue weighted by Crippen LogP contribution is -2.43. The fourth-order valence-corrected chi connectivity index (χ4v) is 2.50. The molecule has 1 fully saturated rings. The summed E-state index contributed by atoms with van der Waals surface area (Å²) in [5.74, 6) is -0.0813. The van der Waals surface area contributed by atoms with E-state index in [2.05, 4.69) is 10.2 Å². The number of piperidine rings is 1. The van der Waals surface area contributed by atoms with E-state index in [0.717, 1.165) is 30.8 Å². The molecular formula is C14H21FN2. The molecule has 3 heteroatoms. The van der Waals surface area contributed by atoms with Gasteiger partial charge in [0.2, 0.25) is 0 Å². The minimum absolute atomic E-state index is 0.0813. The molecule has 2 rings (SSSR count). The number of likely N-dealkylation sites (tertiary alicyclic amines) is 1. The summed E-state index contributed by atoms with van der Waals surface area (Å²) in [5, 5.41) is 3.31. The summed E-state index contributed by atoms with van der Waals surface area (Å²) in [5.41, 5.74) is 1.95. The standard InChI is InChI=1S/C14H21FN2/c1-11-5-6-14(15)12(8-11)9-17-7-3-4-13(10-17)16-2/h5-6,8,13,16H,3-4,7,9-10H2,1-2H3. The summed E-state index contributed by atoms with van der Waals surface area (Å²) in [7, 11) is 2.00. The van der Waals surface area contributed by atoms with Crippen molar-refractivity contribution in [2.24, 2.45) is 0 Å². The van der Waals surface area contributed by atoms with E-state index in [4.69, 9.17) is 0 Å². The molecule has 1 aromatic rings. The molecule has 17 heavy (non-hydrogen) atoms. The van der Waals surface area contributed by atoms with Gasteiger partial charge in [-0.25, -0.2) is 4.39 Å². The van der Waals surface area contributed by atoms with E-state index in [0.29, 0.717) is 6.04 Å². The second-order valence-electron chi connectivity index (χ2n) is 4.96. The molecular weight excluding hydrogens is 215 g/mol. The first-order valence-electron chi connectivity index (χ1n) is 6.33. The second kappa shape index (κ2) is 5.61. The van der Waals surface area contributed by atoms with E-state index in [-0.39, 0.29) is 5.82 Å². The van der Waals surface area contributed by atoms with Gasteiger partial charge in [0.05, 0.1) is 0 Å². The second-order valence-corrected chi connectivity index (χ2v) is 4.96. The summed E-state index contributed by atoms with van der Waals surface area (Å²) in [6.07, 6.45) is 2.42. The third kappa shape index (κ3) is 3.27. The molecule has 1 atom stereocenters.